The molecule has 7 heteroatoms. The van der Waals surface area contributed by atoms with Crippen LogP contribution in [0.1, 0.15) is 50.1 Å². The van der Waals surface area contributed by atoms with Crippen LogP contribution in [0, 0.1) is 5.92 Å². The first-order chi connectivity index (χ1) is 16.2. The molecule has 4 aromatic rings. The summed E-state index contributed by atoms with van der Waals surface area (Å²) in [7, 11) is 0. The van der Waals surface area contributed by atoms with Crippen LogP contribution < -0.4 is 5.43 Å². The van der Waals surface area contributed by atoms with Crippen LogP contribution >= 0.6 is 11.6 Å². The van der Waals surface area contributed by atoms with Gasteiger partial charge in [0.1, 0.15) is 0 Å². The van der Waals surface area contributed by atoms with E-state index in [1.807, 2.05) is 6.33 Å². The average molecular weight is 461 g/mol. The third kappa shape index (κ3) is 4.18. The van der Waals surface area contributed by atoms with Crippen molar-refractivity contribution >= 4 is 39.4 Å². The Morgan fingerprint density at radius 3 is 2.58 bits per heavy atom. The van der Waals surface area contributed by atoms with E-state index >= 15 is 0 Å². The first kappa shape index (κ1) is 20.9. The zero-order chi connectivity index (χ0) is 22.2. The number of halogens is 1. The van der Waals surface area contributed by atoms with Gasteiger partial charge in [-0.1, -0.05) is 55.3 Å². The molecule has 3 heterocycles. The van der Waals surface area contributed by atoms with Gasteiger partial charge in [-0.15, -0.1) is 0 Å². The van der Waals surface area contributed by atoms with E-state index in [4.69, 9.17) is 11.6 Å². The predicted molar refractivity (Wildman–Crippen MR) is 133 cm³/mol. The van der Waals surface area contributed by atoms with E-state index in [-0.39, 0.29) is 5.28 Å². The van der Waals surface area contributed by atoms with Crippen LogP contribution in [0.15, 0.2) is 48.8 Å². The fourth-order valence-electron chi connectivity index (χ4n) is 5.60. The van der Waals surface area contributed by atoms with E-state index in [1.54, 1.807) is 0 Å². The molecule has 0 unspecified atom stereocenters. The number of fused-ring (bicyclic) bond motifs is 2. The van der Waals surface area contributed by atoms with Crippen molar-refractivity contribution in [1.82, 2.24) is 24.5 Å². The Kier molecular flexibility index (Phi) is 5.64. The fraction of sp³-hybridized carbons (Fsp3) is 0.423. The Morgan fingerprint density at radius 2 is 1.73 bits per heavy atom. The van der Waals surface area contributed by atoms with Crippen molar-refractivity contribution in [3.05, 3.63) is 59.6 Å². The van der Waals surface area contributed by atoms with Gasteiger partial charge >= 0.3 is 0 Å². The summed E-state index contributed by atoms with van der Waals surface area (Å²) in [4.78, 5) is 13.7. The van der Waals surface area contributed by atoms with Gasteiger partial charge in [0.25, 0.3) is 0 Å². The van der Waals surface area contributed by atoms with Crippen molar-refractivity contribution in [3.63, 3.8) is 0 Å². The van der Waals surface area contributed by atoms with Crippen LogP contribution in [-0.4, -0.2) is 37.6 Å². The second-order valence-corrected chi connectivity index (χ2v) is 9.83. The van der Waals surface area contributed by atoms with Crippen molar-refractivity contribution in [2.24, 2.45) is 5.92 Å². The molecule has 0 spiro atoms. The molecule has 2 aromatic carbocycles. The Bertz CT molecular complexity index is 1270. The van der Waals surface area contributed by atoms with Crippen molar-refractivity contribution < 1.29 is 0 Å². The summed E-state index contributed by atoms with van der Waals surface area (Å²) in [6.45, 7) is 1.95. The van der Waals surface area contributed by atoms with Crippen molar-refractivity contribution in [1.29, 1.82) is 0 Å². The third-order valence-electron chi connectivity index (χ3n) is 7.38. The van der Waals surface area contributed by atoms with Crippen LogP contribution in [0.2, 0.25) is 5.28 Å². The van der Waals surface area contributed by atoms with Gasteiger partial charge in [-0.05, 0) is 66.0 Å². The standard InChI is InChI=1S/C26H29ClN6/c27-26-29-24(23-25(30-26)33(17-28-23)21-9-2-3-10-21)31-32-14-12-18(13-15-32)16-20-8-5-7-19-6-1-4-11-22(19)20/h1,4-8,11,17-18,21H,2-3,9-10,12-16H2,(H,29,30,31). The SMILES string of the molecule is Clc1nc(NN2CCC(Cc3cccc4ccccc34)CC2)c2ncn(C3CCCC3)c2n1. The lowest BCUT2D eigenvalue weighted by Gasteiger charge is -2.32. The molecule has 0 atom stereocenters. The number of rotatable bonds is 5. The van der Waals surface area contributed by atoms with Gasteiger partial charge in [-0.2, -0.15) is 9.97 Å². The molecule has 0 radical (unpaired) electrons. The molecule has 1 aliphatic heterocycles. The van der Waals surface area contributed by atoms with Gasteiger partial charge in [0, 0.05) is 19.1 Å². The lowest BCUT2D eigenvalue weighted by atomic mass is 9.88. The number of benzene rings is 2. The molecule has 2 aliphatic rings. The maximum Gasteiger partial charge on any atom is 0.226 e. The highest BCUT2D eigenvalue weighted by atomic mass is 35.5. The Balaban J connectivity index is 1.14. The molecule has 2 aromatic heterocycles. The first-order valence-corrected chi connectivity index (χ1v) is 12.5. The summed E-state index contributed by atoms with van der Waals surface area (Å²) in [6.07, 6.45) is 10.2. The summed E-state index contributed by atoms with van der Waals surface area (Å²) < 4.78 is 2.19. The van der Waals surface area contributed by atoms with Crippen LogP contribution in [0.4, 0.5) is 5.82 Å². The van der Waals surface area contributed by atoms with E-state index in [2.05, 4.69) is 72.4 Å². The van der Waals surface area contributed by atoms with Gasteiger partial charge in [-0.3, -0.25) is 0 Å². The van der Waals surface area contributed by atoms with Gasteiger partial charge in [0.15, 0.2) is 17.0 Å². The number of hydrogen-bond donors (Lipinski definition) is 1. The number of imidazole rings is 1. The molecule has 170 valence electrons. The van der Waals surface area contributed by atoms with Crippen molar-refractivity contribution in [2.75, 3.05) is 18.5 Å². The molecule has 6 nitrogen and oxygen atoms in total. The second-order valence-electron chi connectivity index (χ2n) is 9.49. The van der Waals surface area contributed by atoms with Crippen molar-refractivity contribution in [3.8, 4) is 0 Å². The maximum absolute atomic E-state index is 6.32. The lowest BCUT2D eigenvalue weighted by molar-refractivity contribution is 0.216. The number of aromatic nitrogens is 4. The molecule has 33 heavy (non-hydrogen) atoms. The Labute approximate surface area is 199 Å². The van der Waals surface area contributed by atoms with E-state index in [1.165, 1.54) is 42.0 Å². The summed E-state index contributed by atoms with van der Waals surface area (Å²) in [5.74, 6) is 1.40. The third-order valence-corrected chi connectivity index (χ3v) is 7.55. The molecular formula is C26H29ClN6. The summed E-state index contributed by atoms with van der Waals surface area (Å²) in [5, 5.41) is 5.24. The number of hydrazine groups is 1. The molecule has 1 saturated carbocycles. The quantitative estimate of drug-likeness (QED) is 0.368. The Hall–Kier alpha value is -2.70. The van der Waals surface area contributed by atoms with Crippen LogP contribution in [-0.2, 0) is 6.42 Å². The van der Waals surface area contributed by atoms with Crippen LogP contribution in [0.25, 0.3) is 21.9 Å². The zero-order valence-electron chi connectivity index (χ0n) is 18.8. The van der Waals surface area contributed by atoms with E-state index in [0.717, 1.165) is 43.5 Å². The molecule has 0 amide bonds. The largest absolute Gasteiger partial charge is 0.312 e. The zero-order valence-corrected chi connectivity index (χ0v) is 19.5. The van der Waals surface area contributed by atoms with Crippen LogP contribution in [0.3, 0.4) is 0 Å². The number of anilines is 1. The minimum Gasteiger partial charge on any atom is -0.312 e. The Morgan fingerprint density at radius 1 is 0.939 bits per heavy atom. The molecule has 1 saturated heterocycles. The van der Waals surface area contributed by atoms with Crippen LogP contribution in [0.5, 0.6) is 0 Å². The highest BCUT2D eigenvalue weighted by Gasteiger charge is 2.24. The summed E-state index contributed by atoms with van der Waals surface area (Å²) in [6, 6.07) is 15.8. The summed E-state index contributed by atoms with van der Waals surface area (Å²) in [5.41, 5.74) is 6.62. The molecular weight excluding hydrogens is 432 g/mol. The molecule has 1 N–H and O–H groups in total. The van der Waals surface area contributed by atoms with Gasteiger partial charge in [0.05, 0.1) is 6.33 Å². The van der Waals surface area contributed by atoms with E-state index < -0.39 is 0 Å². The lowest BCUT2D eigenvalue weighted by Crippen LogP contribution is -2.38. The number of nitrogens with one attached hydrogen (secondary N) is 1. The first-order valence-electron chi connectivity index (χ1n) is 12.1. The smallest absolute Gasteiger partial charge is 0.226 e. The van der Waals surface area contributed by atoms with E-state index in [0.29, 0.717) is 17.8 Å². The fourth-order valence-corrected chi connectivity index (χ4v) is 5.76. The topological polar surface area (TPSA) is 58.9 Å². The normalized spacial score (nSPS) is 18.5. The molecule has 2 fully saturated rings. The number of hydrogen-bond acceptors (Lipinski definition) is 5. The molecule has 6 rings (SSSR count). The number of nitrogens with zero attached hydrogens (tertiary/aromatic N) is 5. The summed E-state index contributed by atoms with van der Waals surface area (Å²) >= 11 is 6.32. The average Bonchev–Trinajstić information content (AvgIpc) is 3.50. The van der Waals surface area contributed by atoms with E-state index in [9.17, 15) is 0 Å². The molecule has 0 bridgehead atoms. The second kappa shape index (κ2) is 8.92. The minimum atomic E-state index is 0.274. The number of piperidine rings is 1. The highest BCUT2D eigenvalue weighted by Crippen LogP contribution is 2.33. The predicted octanol–water partition coefficient (Wildman–Crippen LogP) is 6.03. The maximum atomic E-state index is 6.32. The van der Waals surface area contributed by atoms with Gasteiger partial charge in [0.2, 0.25) is 5.28 Å². The highest BCUT2D eigenvalue weighted by molar-refractivity contribution is 6.28. The van der Waals surface area contributed by atoms with Gasteiger partial charge < -0.3 is 9.99 Å². The van der Waals surface area contributed by atoms with Crippen molar-refractivity contribution in [2.45, 2.75) is 51.0 Å². The van der Waals surface area contributed by atoms with Gasteiger partial charge in [-0.25, -0.2) is 9.99 Å². The molecule has 1 aliphatic carbocycles. The minimum absolute atomic E-state index is 0.274. The monoisotopic (exact) mass is 460 g/mol.